The second-order valence-electron chi connectivity index (χ2n) is 5.43. The lowest BCUT2D eigenvalue weighted by Crippen LogP contribution is -2.18. The number of nitrogens with two attached hydrogens (primary N) is 1. The molecule has 0 aliphatic heterocycles. The number of rotatable bonds is 4. The van der Waals surface area contributed by atoms with Crippen LogP contribution in [0.4, 0.5) is 5.82 Å². The Morgan fingerprint density at radius 2 is 2.19 bits per heavy atom. The Morgan fingerprint density at radius 3 is 2.90 bits per heavy atom. The fourth-order valence-corrected chi connectivity index (χ4v) is 2.86. The number of anilines is 1. The fourth-order valence-electron chi connectivity index (χ4n) is 2.71. The van der Waals surface area contributed by atoms with Gasteiger partial charge in [-0.05, 0) is 56.4 Å². The van der Waals surface area contributed by atoms with E-state index in [2.05, 4.69) is 11.4 Å². The van der Waals surface area contributed by atoms with Crippen molar-refractivity contribution in [2.75, 3.05) is 5.32 Å². The van der Waals surface area contributed by atoms with E-state index < -0.39 is 0 Å². The number of thiocarbonyl (C=S) groups is 1. The van der Waals surface area contributed by atoms with Crippen molar-refractivity contribution in [2.24, 2.45) is 5.73 Å². The third-order valence-electron chi connectivity index (χ3n) is 3.79. The zero-order chi connectivity index (χ0) is 14.8. The van der Waals surface area contributed by atoms with E-state index in [1.54, 1.807) is 0 Å². The monoisotopic (exact) mass is 301 g/mol. The number of fused-ring (bicyclic) bond motifs is 1. The molecule has 0 unspecified atom stereocenters. The first-order chi connectivity index (χ1) is 10.1. The molecule has 0 amide bonds. The van der Waals surface area contributed by atoms with Crippen LogP contribution in [0.1, 0.15) is 41.2 Å². The second-order valence-corrected chi connectivity index (χ2v) is 5.87. The first kappa shape index (κ1) is 14.1. The Hall–Kier alpha value is -1.88. The van der Waals surface area contributed by atoms with Crippen LogP contribution in [0.25, 0.3) is 0 Å². The van der Waals surface area contributed by atoms with Crippen LogP contribution in [0.3, 0.4) is 0 Å². The lowest BCUT2D eigenvalue weighted by atomic mass is 9.94. The number of nitrogens with one attached hydrogen (secondary N) is 1. The van der Waals surface area contributed by atoms with Crippen LogP contribution < -0.4 is 11.1 Å². The van der Waals surface area contributed by atoms with Crippen molar-refractivity contribution >= 4 is 23.0 Å². The normalized spacial score (nSPS) is 13.8. The van der Waals surface area contributed by atoms with E-state index in [4.69, 9.17) is 27.4 Å². The Bertz CT molecular complexity index is 678. The Labute approximate surface area is 129 Å². The maximum absolute atomic E-state index is 5.85. The summed E-state index contributed by atoms with van der Waals surface area (Å²) in [6.07, 6.45) is 4.50. The van der Waals surface area contributed by atoms with Crippen molar-refractivity contribution in [1.29, 1.82) is 0 Å². The van der Waals surface area contributed by atoms with E-state index in [0.717, 1.165) is 35.7 Å². The number of hydrogen-bond acceptors (Lipinski definition) is 4. The first-order valence-electron chi connectivity index (χ1n) is 7.25. The maximum atomic E-state index is 5.85. The van der Waals surface area contributed by atoms with Crippen LogP contribution in [0, 0.1) is 6.92 Å². The summed E-state index contributed by atoms with van der Waals surface area (Å²) in [5.74, 6) is 2.54. The molecule has 2 aromatic heterocycles. The van der Waals surface area contributed by atoms with E-state index in [1.165, 1.54) is 24.1 Å². The van der Waals surface area contributed by atoms with Gasteiger partial charge in [0.05, 0.1) is 12.1 Å². The van der Waals surface area contributed by atoms with Gasteiger partial charge in [0.15, 0.2) is 0 Å². The molecule has 0 bridgehead atoms. The SMILES string of the molecule is Cc1ccc(CNc2nc3c(cc2C(N)=S)CCCC3)o1. The number of aromatic nitrogens is 1. The zero-order valence-electron chi connectivity index (χ0n) is 12.1. The highest BCUT2D eigenvalue weighted by Crippen LogP contribution is 2.25. The maximum Gasteiger partial charge on any atom is 0.136 e. The molecule has 1 aliphatic rings. The predicted molar refractivity (Wildman–Crippen MR) is 87.5 cm³/mol. The molecule has 0 saturated carbocycles. The van der Waals surface area contributed by atoms with E-state index in [-0.39, 0.29) is 0 Å². The van der Waals surface area contributed by atoms with Crippen LogP contribution in [-0.2, 0) is 19.4 Å². The first-order valence-corrected chi connectivity index (χ1v) is 7.66. The van der Waals surface area contributed by atoms with E-state index >= 15 is 0 Å². The molecule has 2 heterocycles. The fraction of sp³-hybridized carbons (Fsp3) is 0.375. The predicted octanol–water partition coefficient (Wildman–Crippen LogP) is 3.11. The number of furan rings is 1. The standard InChI is InChI=1S/C16H19N3OS/c1-10-6-7-12(20-10)9-18-16-13(15(17)21)8-11-4-2-3-5-14(11)19-16/h6-8H,2-5,9H2,1H3,(H2,17,21)(H,18,19). The van der Waals surface area contributed by atoms with Crippen LogP contribution in [0.15, 0.2) is 22.6 Å². The van der Waals surface area contributed by atoms with E-state index in [9.17, 15) is 0 Å². The van der Waals surface area contributed by atoms with Gasteiger partial charge in [0.1, 0.15) is 22.3 Å². The highest BCUT2D eigenvalue weighted by Gasteiger charge is 2.16. The smallest absolute Gasteiger partial charge is 0.136 e. The summed E-state index contributed by atoms with van der Waals surface area (Å²) in [4.78, 5) is 5.12. The van der Waals surface area contributed by atoms with Gasteiger partial charge in [0.2, 0.25) is 0 Å². The third kappa shape index (κ3) is 3.08. The van der Waals surface area contributed by atoms with Gasteiger partial charge in [-0.3, -0.25) is 0 Å². The van der Waals surface area contributed by atoms with Gasteiger partial charge in [-0.2, -0.15) is 0 Å². The van der Waals surface area contributed by atoms with Crippen LogP contribution in [0.5, 0.6) is 0 Å². The summed E-state index contributed by atoms with van der Waals surface area (Å²) >= 11 is 5.16. The Kier molecular flexibility index (Phi) is 3.92. The van der Waals surface area contributed by atoms with Gasteiger partial charge in [-0.25, -0.2) is 4.98 Å². The van der Waals surface area contributed by atoms with Crippen molar-refractivity contribution in [3.05, 3.63) is 46.5 Å². The molecule has 5 heteroatoms. The summed E-state index contributed by atoms with van der Waals surface area (Å²) in [7, 11) is 0. The summed E-state index contributed by atoms with van der Waals surface area (Å²) in [6, 6.07) is 6.01. The minimum Gasteiger partial charge on any atom is -0.465 e. The quantitative estimate of drug-likeness (QED) is 0.850. The molecule has 4 nitrogen and oxygen atoms in total. The number of pyridine rings is 1. The van der Waals surface area contributed by atoms with Crippen molar-refractivity contribution < 1.29 is 4.42 Å². The summed E-state index contributed by atoms with van der Waals surface area (Å²) in [6.45, 7) is 2.51. The molecule has 110 valence electrons. The molecular formula is C16H19N3OS. The van der Waals surface area contributed by atoms with E-state index in [0.29, 0.717) is 11.5 Å². The molecule has 0 saturated heterocycles. The zero-order valence-corrected chi connectivity index (χ0v) is 12.9. The lowest BCUT2D eigenvalue weighted by molar-refractivity contribution is 0.490. The molecule has 0 atom stereocenters. The van der Waals surface area contributed by atoms with Crippen molar-refractivity contribution in [3.63, 3.8) is 0 Å². The van der Waals surface area contributed by atoms with Crippen LogP contribution in [0.2, 0.25) is 0 Å². The molecule has 0 radical (unpaired) electrons. The number of aryl methyl sites for hydroxylation is 3. The summed E-state index contributed by atoms with van der Waals surface area (Å²) < 4.78 is 5.56. The third-order valence-corrected chi connectivity index (χ3v) is 4.01. The highest BCUT2D eigenvalue weighted by molar-refractivity contribution is 7.80. The molecule has 3 rings (SSSR count). The van der Waals surface area contributed by atoms with Crippen LogP contribution in [-0.4, -0.2) is 9.97 Å². The molecular weight excluding hydrogens is 282 g/mol. The largest absolute Gasteiger partial charge is 0.465 e. The van der Waals surface area contributed by atoms with Gasteiger partial charge in [-0.15, -0.1) is 0 Å². The highest BCUT2D eigenvalue weighted by atomic mass is 32.1. The van der Waals surface area contributed by atoms with Crippen molar-refractivity contribution in [2.45, 2.75) is 39.2 Å². The lowest BCUT2D eigenvalue weighted by Gasteiger charge is -2.18. The molecule has 0 aromatic carbocycles. The van der Waals surface area contributed by atoms with Crippen LogP contribution >= 0.6 is 12.2 Å². The van der Waals surface area contributed by atoms with Gasteiger partial charge in [-0.1, -0.05) is 12.2 Å². The molecule has 21 heavy (non-hydrogen) atoms. The van der Waals surface area contributed by atoms with Gasteiger partial charge in [0, 0.05) is 5.69 Å². The van der Waals surface area contributed by atoms with Gasteiger partial charge >= 0.3 is 0 Å². The molecule has 0 spiro atoms. The Morgan fingerprint density at radius 1 is 1.38 bits per heavy atom. The molecule has 0 fully saturated rings. The second kappa shape index (κ2) is 5.85. The number of hydrogen-bond donors (Lipinski definition) is 2. The van der Waals surface area contributed by atoms with Gasteiger partial charge < -0.3 is 15.5 Å². The minimum absolute atomic E-state index is 0.383. The molecule has 1 aliphatic carbocycles. The minimum atomic E-state index is 0.383. The average molecular weight is 301 g/mol. The van der Waals surface area contributed by atoms with Crippen molar-refractivity contribution in [1.82, 2.24) is 4.98 Å². The topological polar surface area (TPSA) is 64.1 Å². The van der Waals surface area contributed by atoms with Crippen molar-refractivity contribution in [3.8, 4) is 0 Å². The molecule has 3 N–H and O–H groups in total. The van der Waals surface area contributed by atoms with Gasteiger partial charge in [0.25, 0.3) is 0 Å². The molecule has 2 aromatic rings. The average Bonchev–Trinajstić information content (AvgIpc) is 2.89. The summed E-state index contributed by atoms with van der Waals surface area (Å²) in [5.41, 5.74) is 9.12. The Balaban J connectivity index is 1.87. The summed E-state index contributed by atoms with van der Waals surface area (Å²) in [5, 5.41) is 3.30. The van der Waals surface area contributed by atoms with E-state index in [1.807, 2.05) is 19.1 Å². The number of nitrogens with zero attached hydrogens (tertiary/aromatic N) is 1.